The summed E-state index contributed by atoms with van der Waals surface area (Å²) in [7, 11) is 0. The zero-order valence-corrected chi connectivity index (χ0v) is 12.8. The monoisotopic (exact) mass is 277 g/mol. The van der Waals surface area contributed by atoms with Crippen molar-refractivity contribution >= 4 is 17.6 Å². The molecule has 1 atom stereocenters. The SMILES string of the molecule is Cc1ccc(N(CC(C)C(=O)O)C(=O)C(C)C)cc1C. The summed E-state index contributed by atoms with van der Waals surface area (Å²) in [5.74, 6) is -1.71. The molecule has 110 valence electrons. The van der Waals surface area contributed by atoms with Crippen LogP contribution in [0.5, 0.6) is 0 Å². The highest BCUT2D eigenvalue weighted by atomic mass is 16.4. The predicted molar refractivity (Wildman–Crippen MR) is 79.9 cm³/mol. The molecule has 0 heterocycles. The van der Waals surface area contributed by atoms with Crippen molar-refractivity contribution in [3.05, 3.63) is 29.3 Å². The molecule has 1 amide bonds. The van der Waals surface area contributed by atoms with Crippen LogP contribution < -0.4 is 4.90 Å². The Hall–Kier alpha value is -1.84. The van der Waals surface area contributed by atoms with E-state index in [4.69, 9.17) is 5.11 Å². The summed E-state index contributed by atoms with van der Waals surface area (Å²) in [6.45, 7) is 9.44. The summed E-state index contributed by atoms with van der Waals surface area (Å²) in [6.07, 6.45) is 0. The molecule has 0 aliphatic carbocycles. The molecule has 1 aromatic rings. The van der Waals surface area contributed by atoms with Crippen molar-refractivity contribution in [2.24, 2.45) is 11.8 Å². The number of nitrogens with zero attached hydrogens (tertiary/aromatic N) is 1. The van der Waals surface area contributed by atoms with Gasteiger partial charge in [-0.2, -0.15) is 0 Å². The van der Waals surface area contributed by atoms with Crippen molar-refractivity contribution < 1.29 is 14.7 Å². The highest BCUT2D eigenvalue weighted by molar-refractivity contribution is 5.95. The first-order valence-corrected chi connectivity index (χ1v) is 6.85. The predicted octanol–water partition coefficient (Wildman–Crippen LogP) is 3.01. The fourth-order valence-corrected chi connectivity index (χ4v) is 1.88. The van der Waals surface area contributed by atoms with Crippen LogP contribution in [-0.4, -0.2) is 23.5 Å². The third-order valence-electron chi connectivity index (χ3n) is 3.44. The van der Waals surface area contributed by atoms with Gasteiger partial charge in [0.25, 0.3) is 0 Å². The molecule has 0 aliphatic heterocycles. The van der Waals surface area contributed by atoms with Crippen LogP contribution in [0.3, 0.4) is 0 Å². The summed E-state index contributed by atoms with van der Waals surface area (Å²) >= 11 is 0. The third kappa shape index (κ3) is 3.83. The Morgan fingerprint density at radius 3 is 2.20 bits per heavy atom. The van der Waals surface area contributed by atoms with E-state index in [0.717, 1.165) is 16.8 Å². The molecule has 1 rings (SSSR count). The molecule has 1 unspecified atom stereocenters. The zero-order valence-electron chi connectivity index (χ0n) is 12.8. The van der Waals surface area contributed by atoms with Crippen molar-refractivity contribution in [2.45, 2.75) is 34.6 Å². The topological polar surface area (TPSA) is 57.6 Å². The maximum absolute atomic E-state index is 12.3. The fourth-order valence-electron chi connectivity index (χ4n) is 1.88. The smallest absolute Gasteiger partial charge is 0.308 e. The van der Waals surface area contributed by atoms with E-state index >= 15 is 0 Å². The normalized spacial score (nSPS) is 12.3. The Labute approximate surface area is 120 Å². The van der Waals surface area contributed by atoms with Gasteiger partial charge in [0.05, 0.1) is 5.92 Å². The van der Waals surface area contributed by atoms with Gasteiger partial charge in [-0.3, -0.25) is 9.59 Å². The molecule has 0 aromatic heterocycles. The minimum atomic E-state index is -0.893. The third-order valence-corrected chi connectivity index (χ3v) is 3.44. The fraction of sp³-hybridized carbons (Fsp3) is 0.500. The largest absolute Gasteiger partial charge is 0.481 e. The number of benzene rings is 1. The number of carboxylic acid groups (broad SMARTS) is 1. The van der Waals surface area contributed by atoms with E-state index in [-0.39, 0.29) is 18.4 Å². The standard InChI is InChI=1S/C16H23NO3/c1-10(2)15(18)17(9-13(5)16(19)20)14-7-6-11(3)12(4)8-14/h6-8,10,13H,9H2,1-5H3,(H,19,20). The lowest BCUT2D eigenvalue weighted by Crippen LogP contribution is -2.39. The van der Waals surface area contributed by atoms with Gasteiger partial charge in [0.1, 0.15) is 0 Å². The molecular weight excluding hydrogens is 254 g/mol. The Kier molecular flexibility index (Phi) is 5.31. The molecule has 4 nitrogen and oxygen atoms in total. The van der Waals surface area contributed by atoms with Crippen LogP contribution >= 0.6 is 0 Å². The number of hydrogen-bond acceptors (Lipinski definition) is 2. The average molecular weight is 277 g/mol. The van der Waals surface area contributed by atoms with Gasteiger partial charge in [0.15, 0.2) is 0 Å². The Morgan fingerprint density at radius 2 is 1.75 bits per heavy atom. The highest BCUT2D eigenvalue weighted by Crippen LogP contribution is 2.22. The summed E-state index contributed by atoms with van der Waals surface area (Å²) in [6, 6.07) is 5.76. The Balaban J connectivity index is 3.12. The Morgan fingerprint density at radius 1 is 1.15 bits per heavy atom. The van der Waals surface area contributed by atoms with E-state index < -0.39 is 11.9 Å². The minimum Gasteiger partial charge on any atom is -0.481 e. The van der Waals surface area contributed by atoms with Crippen molar-refractivity contribution in [1.82, 2.24) is 0 Å². The zero-order chi connectivity index (χ0) is 15.4. The van der Waals surface area contributed by atoms with Gasteiger partial charge in [-0.05, 0) is 37.1 Å². The van der Waals surface area contributed by atoms with Crippen LogP contribution in [0, 0.1) is 25.7 Å². The van der Waals surface area contributed by atoms with Crippen molar-refractivity contribution in [3.8, 4) is 0 Å². The number of rotatable bonds is 5. The number of aliphatic carboxylic acids is 1. The number of carboxylic acids is 1. The van der Waals surface area contributed by atoms with E-state index in [1.165, 1.54) is 0 Å². The van der Waals surface area contributed by atoms with Crippen LogP contribution in [0.2, 0.25) is 0 Å². The van der Waals surface area contributed by atoms with Gasteiger partial charge < -0.3 is 10.0 Å². The van der Waals surface area contributed by atoms with E-state index in [0.29, 0.717) is 0 Å². The van der Waals surface area contributed by atoms with Gasteiger partial charge >= 0.3 is 5.97 Å². The lowest BCUT2D eigenvalue weighted by molar-refractivity contribution is -0.140. The van der Waals surface area contributed by atoms with E-state index in [1.807, 2.05) is 45.9 Å². The van der Waals surface area contributed by atoms with E-state index in [9.17, 15) is 9.59 Å². The number of carbonyl (C=O) groups is 2. The number of carbonyl (C=O) groups excluding carboxylic acids is 1. The van der Waals surface area contributed by atoms with Crippen LogP contribution in [0.25, 0.3) is 0 Å². The molecule has 4 heteroatoms. The molecule has 0 spiro atoms. The molecule has 0 fully saturated rings. The molecular formula is C16H23NO3. The van der Waals surface area contributed by atoms with Gasteiger partial charge in [0.2, 0.25) is 5.91 Å². The van der Waals surface area contributed by atoms with Crippen LogP contribution in [0.4, 0.5) is 5.69 Å². The van der Waals surface area contributed by atoms with Crippen LogP contribution in [-0.2, 0) is 9.59 Å². The lowest BCUT2D eigenvalue weighted by Gasteiger charge is -2.27. The quantitative estimate of drug-likeness (QED) is 0.900. The number of hydrogen-bond donors (Lipinski definition) is 1. The van der Waals surface area contributed by atoms with Gasteiger partial charge in [-0.15, -0.1) is 0 Å². The number of aryl methyl sites for hydroxylation is 2. The second-order valence-corrected chi connectivity index (χ2v) is 5.61. The molecule has 0 bridgehead atoms. The molecule has 1 N–H and O–H groups in total. The van der Waals surface area contributed by atoms with E-state index in [2.05, 4.69) is 0 Å². The first kappa shape index (κ1) is 16.2. The van der Waals surface area contributed by atoms with Crippen LogP contribution in [0.15, 0.2) is 18.2 Å². The molecule has 0 saturated heterocycles. The summed E-state index contributed by atoms with van der Waals surface area (Å²) in [5, 5.41) is 9.06. The summed E-state index contributed by atoms with van der Waals surface area (Å²) in [5.41, 5.74) is 3.00. The Bertz CT molecular complexity index is 508. The number of amides is 1. The average Bonchev–Trinajstić information content (AvgIpc) is 2.38. The summed E-state index contributed by atoms with van der Waals surface area (Å²) < 4.78 is 0. The van der Waals surface area contributed by atoms with Gasteiger partial charge in [0, 0.05) is 18.2 Å². The van der Waals surface area contributed by atoms with Crippen LogP contribution in [0.1, 0.15) is 31.9 Å². The first-order chi connectivity index (χ1) is 9.23. The van der Waals surface area contributed by atoms with Crippen molar-refractivity contribution in [3.63, 3.8) is 0 Å². The second-order valence-electron chi connectivity index (χ2n) is 5.61. The van der Waals surface area contributed by atoms with E-state index in [1.54, 1.807) is 11.8 Å². The molecule has 0 saturated carbocycles. The molecule has 0 radical (unpaired) electrons. The second kappa shape index (κ2) is 6.55. The van der Waals surface area contributed by atoms with Crippen molar-refractivity contribution in [2.75, 3.05) is 11.4 Å². The first-order valence-electron chi connectivity index (χ1n) is 6.85. The molecule has 20 heavy (non-hydrogen) atoms. The highest BCUT2D eigenvalue weighted by Gasteiger charge is 2.24. The van der Waals surface area contributed by atoms with Gasteiger partial charge in [-0.25, -0.2) is 0 Å². The minimum absolute atomic E-state index is 0.0543. The van der Waals surface area contributed by atoms with Crippen molar-refractivity contribution in [1.29, 1.82) is 0 Å². The number of anilines is 1. The maximum atomic E-state index is 12.3. The molecule has 0 aliphatic rings. The maximum Gasteiger partial charge on any atom is 0.308 e. The lowest BCUT2D eigenvalue weighted by atomic mass is 10.1. The summed E-state index contributed by atoms with van der Waals surface area (Å²) in [4.78, 5) is 25.0. The van der Waals surface area contributed by atoms with Gasteiger partial charge in [-0.1, -0.05) is 26.8 Å². The molecule has 1 aromatic carbocycles.